The number of aromatic nitrogens is 1. The predicted octanol–water partition coefficient (Wildman–Crippen LogP) is 5.29. The summed E-state index contributed by atoms with van der Waals surface area (Å²) in [6.07, 6.45) is 1.94. The number of thioether (sulfide) groups is 1. The van der Waals surface area contributed by atoms with Gasteiger partial charge in [0, 0.05) is 17.1 Å². The number of aryl methyl sites for hydroxylation is 2. The molecule has 140 valence electrons. The van der Waals surface area contributed by atoms with Crippen molar-refractivity contribution < 1.29 is 4.79 Å². The molecule has 4 rings (SSSR count). The number of amides is 1. The zero-order valence-corrected chi connectivity index (χ0v) is 16.9. The average Bonchev–Trinajstić information content (AvgIpc) is 3.16. The third-order valence-corrected chi connectivity index (χ3v) is 5.60. The van der Waals surface area contributed by atoms with E-state index in [0.29, 0.717) is 10.1 Å². The number of aliphatic imine (C=N–C) groups is 1. The highest BCUT2D eigenvalue weighted by Crippen LogP contribution is 2.30. The normalized spacial score (nSPS) is 16.8. The van der Waals surface area contributed by atoms with Crippen LogP contribution in [0.2, 0.25) is 0 Å². The number of para-hydroxylation sites is 1. The molecule has 1 N–H and O–H groups in total. The van der Waals surface area contributed by atoms with Gasteiger partial charge in [0.25, 0.3) is 5.91 Å². The minimum atomic E-state index is -0.111. The number of hydrogen-bond donors (Lipinski definition) is 1. The minimum absolute atomic E-state index is 0.111. The Morgan fingerprint density at radius 3 is 2.43 bits per heavy atom. The zero-order chi connectivity index (χ0) is 19.7. The van der Waals surface area contributed by atoms with Crippen molar-refractivity contribution in [2.24, 2.45) is 4.99 Å². The Balaban J connectivity index is 1.64. The number of amidine groups is 1. The van der Waals surface area contributed by atoms with Crippen molar-refractivity contribution >= 4 is 34.6 Å². The fourth-order valence-corrected chi connectivity index (χ4v) is 4.10. The molecule has 0 radical (unpaired) electrons. The van der Waals surface area contributed by atoms with Gasteiger partial charge in [0.1, 0.15) is 0 Å². The van der Waals surface area contributed by atoms with Crippen LogP contribution in [-0.2, 0) is 4.79 Å². The summed E-state index contributed by atoms with van der Waals surface area (Å²) >= 11 is 1.37. The first kappa shape index (κ1) is 18.3. The van der Waals surface area contributed by atoms with Gasteiger partial charge < -0.3 is 9.88 Å². The Morgan fingerprint density at radius 2 is 1.71 bits per heavy atom. The van der Waals surface area contributed by atoms with E-state index in [9.17, 15) is 4.79 Å². The molecule has 1 aliphatic heterocycles. The molecule has 0 saturated carbocycles. The van der Waals surface area contributed by atoms with Crippen molar-refractivity contribution in [1.29, 1.82) is 0 Å². The molecule has 2 aromatic carbocycles. The van der Waals surface area contributed by atoms with Crippen LogP contribution in [0, 0.1) is 20.8 Å². The highest BCUT2D eigenvalue weighted by molar-refractivity contribution is 8.18. The summed E-state index contributed by atoms with van der Waals surface area (Å²) in [5, 5.41) is 3.46. The summed E-state index contributed by atoms with van der Waals surface area (Å²) in [6, 6.07) is 20.2. The number of benzene rings is 2. The molecule has 0 atom stereocenters. The van der Waals surface area contributed by atoms with Gasteiger partial charge in [-0.3, -0.25) is 4.79 Å². The number of rotatable bonds is 3. The molecule has 1 fully saturated rings. The summed E-state index contributed by atoms with van der Waals surface area (Å²) in [7, 11) is 0. The molecule has 1 aromatic heterocycles. The molecule has 1 amide bonds. The van der Waals surface area contributed by atoms with Gasteiger partial charge in [0.15, 0.2) is 5.17 Å². The van der Waals surface area contributed by atoms with Gasteiger partial charge >= 0.3 is 0 Å². The van der Waals surface area contributed by atoms with Gasteiger partial charge in [-0.15, -0.1) is 0 Å². The highest BCUT2D eigenvalue weighted by Gasteiger charge is 2.24. The number of nitrogens with zero attached hydrogens (tertiary/aromatic N) is 2. The van der Waals surface area contributed by atoms with Crippen molar-refractivity contribution in [2.45, 2.75) is 20.8 Å². The SMILES string of the molecule is Cc1ccc(-n2c(C)cc(/C=C3\SC(=Nc4ccccc4)NC3=O)c2C)cc1. The Morgan fingerprint density at radius 1 is 1.00 bits per heavy atom. The van der Waals surface area contributed by atoms with Crippen molar-refractivity contribution in [3.05, 3.63) is 88.1 Å². The van der Waals surface area contributed by atoms with E-state index in [1.54, 1.807) is 0 Å². The minimum Gasteiger partial charge on any atom is -0.318 e. The fourth-order valence-electron chi connectivity index (χ4n) is 3.27. The number of carbonyl (C=O) groups is 1. The second kappa shape index (κ2) is 7.52. The van der Waals surface area contributed by atoms with Crippen LogP contribution in [0.15, 0.2) is 70.6 Å². The second-order valence-electron chi connectivity index (χ2n) is 6.81. The topological polar surface area (TPSA) is 46.4 Å². The molecule has 0 aliphatic carbocycles. The second-order valence-corrected chi connectivity index (χ2v) is 7.85. The van der Waals surface area contributed by atoms with Gasteiger partial charge in [0.05, 0.1) is 10.6 Å². The fraction of sp³-hybridized carbons (Fsp3) is 0.130. The Kier molecular flexibility index (Phi) is 4.92. The van der Waals surface area contributed by atoms with E-state index >= 15 is 0 Å². The Hall–Kier alpha value is -3.05. The monoisotopic (exact) mass is 387 g/mol. The summed E-state index contributed by atoms with van der Waals surface area (Å²) in [5.74, 6) is -0.111. The zero-order valence-electron chi connectivity index (χ0n) is 16.1. The first-order valence-electron chi connectivity index (χ1n) is 9.12. The molecule has 5 heteroatoms. The van der Waals surface area contributed by atoms with Crippen molar-refractivity contribution in [3.63, 3.8) is 0 Å². The van der Waals surface area contributed by atoms with Crippen molar-refractivity contribution in [1.82, 2.24) is 9.88 Å². The van der Waals surface area contributed by atoms with Crippen LogP contribution in [0.3, 0.4) is 0 Å². The summed E-state index contributed by atoms with van der Waals surface area (Å²) in [4.78, 5) is 17.6. The number of hydrogen-bond acceptors (Lipinski definition) is 3. The van der Waals surface area contributed by atoms with E-state index in [2.05, 4.69) is 66.0 Å². The Bertz CT molecular complexity index is 1090. The van der Waals surface area contributed by atoms with E-state index in [4.69, 9.17) is 0 Å². The van der Waals surface area contributed by atoms with Crippen LogP contribution in [0.25, 0.3) is 11.8 Å². The lowest BCUT2D eigenvalue weighted by Gasteiger charge is -2.10. The van der Waals surface area contributed by atoms with Crippen LogP contribution in [0.5, 0.6) is 0 Å². The molecule has 28 heavy (non-hydrogen) atoms. The van der Waals surface area contributed by atoms with E-state index in [0.717, 1.165) is 28.3 Å². The van der Waals surface area contributed by atoms with Gasteiger partial charge in [-0.25, -0.2) is 4.99 Å². The molecule has 0 spiro atoms. The lowest BCUT2D eigenvalue weighted by molar-refractivity contribution is -0.115. The predicted molar refractivity (Wildman–Crippen MR) is 117 cm³/mol. The largest absolute Gasteiger partial charge is 0.318 e. The molecular weight excluding hydrogens is 366 g/mol. The molecule has 2 heterocycles. The van der Waals surface area contributed by atoms with E-state index in [-0.39, 0.29) is 5.91 Å². The molecular formula is C23H21N3OS. The van der Waals surface area contributed by atoms with Crippen LogP contribution in [0.1, 0.15) is 22.5 Å². The molecule has 3 aromatic rings. The summed E-state index contributed by atoms with van der Waals surface area (Å²) in [6.45, 7) is 6.24. The Labute approximate surface area is 169 Å². The highest BCUT2D eigenvalue weighted by atomic mass is 32.2. The summed E-state index contributed by atoms with van der Waals surface area (Å²) < 4.78 is 2.21. The smallest absolute Gasteiger partial charge is 0.264 e. The maximum absolute atomic E-state index is 12.4. The van der Waals surface area contributed by atoms with Crippen molar-refractivity contribution in [3.8, 4) is 5.69 Å². The van der Waals surface area contributed by atoms with Crippen LogP contribution in [-0.4, -0.2) is 15.6 Å². The first-order valence-corrected chi connectivity index (χ1v) is 9.93. The molecule has 1 aliphatic rings. The van der Waals surface area contributed by atoms with Gasteiger partial charge in [-0.2, -0.15) is 0 Å². The van der Waals surface area contributed by atoms with Gasteiger partial charge in [-0.1, -0.05) is 35.9 Å². The van der Waals surface area contributed by atoms with E-state index in [1.807, 2.05) is 36.4 Å². The van der Waals surface area contributed by atoms with Crippen LogP contribution in [0.4, 0.5) is 5.69 Å². The number of nitrogens with one attached hydrogen (secondary N) is 1. The molecule has 0 bridgehead atoms. The van der Waals surface area contributed by atoms with E-state index in [1.165, 1.54) is 17.3 Å². The molecule has 4 nitrogen and oxygen atoms in total. The lowest BCUT2D eigenvalue weighted by atomic mass is 10.2. The van der Waals surface area contributed by atoms with Gasteiger partial charge in [0.2, 0.25) is 0 Å². The third-order valence-electron chi connectivity index (χ3n) is 4.69. The first-order chi connectivity index (χ1) is 13.5. The summed E-state index contributed by atoms with van der Waals surface area (Å²) in [5.41, 5.74) is 6.46. The third kappa shape index (κ3) is 3.66. The maximum atomic E-state index is 12.4. The van der Waals surface area contributed by atoms with Crippen LogP contribution < -0.4 is 5.32 Å². The number of carbonyl (C=O) groups excluding carboxylic acids is 1. The van der Waals surface area contributed by atoms with E-state index < -0.39 is 0 Å². The maximum Gasteiger partial charge on any atom is 0.264 e. The quantitative estimate of drug-likeness (QED) is 0.620. The molecule has 1 saturated heterocycles. The van der Waals surface area contributed by atoms with Crippen molar-refractivity contribution in [2.75, 3.05) is 0 Å². The average molecular weight is 388 g/mol. The standard InChI is InChI=1S/C23H21N3OS/c1-15-9-11-20(12-10-15)26-16(2)13-18(17(26)3)14-21-22(27)25-23(28-21)24-19-7-5-4-6-8-19/h4-14H,1-3H3,(H,24,25,27)/b21-14-. The van der Waals surface area contributed by atoms with Crippen LogP contribution >= 0.6 is 11.8 Å². The molecule has 0 unspecified atom stereocenters. The lowest BCUT2D eigenvalue weighted by Crippen LogP contribution is -2.19. The van der Waals surface area contributed by atoms with Gasteiger partial charge in [-0.05, 0) is 74.5 Å².